The van der Waals surface area contributed by atoms with Crippen LogP contribution in [0.5, 0.6) is 5.75 Å². The molecule has 0 atom stereocenters. The maximum atomic E-state index is 13.0. The highest BCUT2D eigenvalue weighted by Crippen LogP contribution is 2.33. The van der Waals surface area contributed by atoms with Gasteiger partial charge in [-0.2, -0.15) is 0 Å². The maximum absolute atomic E-state index is 13.0. The molecule has 1 aliphatic rings. The quantitative estimate of drug-likeness (QED) is 0.599. The van der Waals surface area contributed by atoms with Gasteiger partial charge in [-0.05, 0) is 64.9 Å². The monoisotopic (exact) mass is 360 g/mol. The van der Waals surface area contributed by atoms with Crippen molar-refractivity contribution in [1.29, 1.82) is 0 Å². The van der Waals surface area contributed by atoms with E-state index in [2.05, 4.69) is 47.3 Å². The fourth-order valence-electron chi connectivity index (χ4n) is 3.62. The second-order valence-electron chi connectivity index (χ2n) is 6.88. The molecule has 2 nitrogen and oxygen atoms in total. The van der Waals surface area contributed by atoms with E-state index in [-0.39, 0.29) is 5.82 Å². The van der Waals surface area contributed by atoms with Crippen molar-refractivity contribution in [2.75, 3.05) is 7.11 Å². The number of nitrogens with zero attached hydrogens (tertiary/aromatic N) is 1. The summed E-state index contributed by atoms with van der Waals surface area (Å²) in [4.78, 5) is 0. The number of allylic oxidation sites excluding steroid dienone is 1. The molecule has 1 aliphatic carbocycles. The highest BCUT2D eigenvalue weighted by molar-refractivity contribution is 5.82. The number of aryl methyl sites for hydroxylation is 3. The largest absolute Gasteiger partial charge is 0.497 e. The molecule has 3 heteroatoms. The molecule has 0 amide bonds. The van der Waals surface area contributed by atoms with Crippen molar-refractivity contribution in [2.24, 2.45) is 0 Å². The van der Waals surface area contributed by atoms with E-state index >= 15 is 0 Å². The summed E-state index contributed by atoms with van der Waals surface area (Å²) in [5.41, 5.74) is 6.32. The predicted molar refractivity (Wildman–Crippen MR) is 105 cm³/mol. The van der Waals surface area contributed by atoms with Gasteiger partial charge in [0.05, 0.1) is 7.11 Å². The van der Waals surface area contributed by atoms with Gasteiger partial charge >= 0.3 is 0 Å². The lowest BCUT2D eigenvalue weighted by Crippen LogP contribution is -2.33. The zero-order chi connectivity index (χ0) is 18.6. The van der Waals surface area contributed by atoms with E-state index in [9.17, 15) is 4.39 Å². The molecule has 0 fully saturated rings. The van der Waals surface area contributed by atoms with E-state index in [1.54, 1.807) is 7.11 Å². The Bertz CT molecular complexity index is 959. The first kappa shape index (κ1) is 17.5. The number of halogens is 1. The molecule has 27 heavy (non-hydrogen) atoms. The Morgan fingerprint density at radius 2 is 1.78 bits per heavy atom. The van der Waals surface area contributed by atoms with Crippen LogP contribution in [0.2, 0.25) is 0 Å². The predicted octanol–water partition coefficient (Wildman–Crippen LogP) is 4.74. The molecule has 2 aromatic carbocycles. The number of methoxy groups -OCH3 is 1. The van der Waals surface area contributed by atoms with E-state index in [0.717, 1.165) is 37.1 Å². The van der Waals surface area contributed by atoms with Crippen molar-refractivity contribution in [1.82, 2.24) is 0 Å². The molecule has 0 unspecified atom stereocenters. The van der Waals surface area contributed by atoms with Crippen LogP contribution in [0, 0.1) is 5.82 Å². The molecule has 0 radical (unpaired) electrons. The van der Waals surface area contributed by atoms with Crippen LogP contribution in [0.1, 0.15) is 28.7 Å². The van der Waals surface area contributed by atoms with Gasteiger partial charge < -0.3 is 4.74 Å². The Kier molecular flexibility index (Phi) is 5.01. The fraction of sp³-hybridized carbons (Fsp3) is 0.208. The molecule has 1 aromatic heterocycles. The number of pyridine rings is 1. The van der Waals surface area contributed by atoms with Crippen molar-refractivity contribution in [3.63, 3.8) is 0 Å². The molecule has 136 valence electrons. The number of benzene rings is 2. The zero-order valence-electron chi connectivity index (χ0n) is 15.5. The van der Waals surface area contributed by atoms with Gasteiger partial charge in [-0.3, -0.25) is 0 Å². The van der Waals surface area contributed by atoms with E-state index in [1.807, 2.05) is 18.2 Å². The van der Waals surface area contributed by atoms with Crippen molar-refractivity contribution < 1.29 is 13.7 Å². The second kappa shape index (κ2) is 7.75. The number of aromatic nitrogens is 1. The van der Waals surface area contributed by atoms with E-state index in [4.69, 9.17) is 4.74 Å². The van der Waals surface area contributed by atoms with Crippen LogP contribution >= 0.6 is 0 Å². The molecule has 0 aliphatic heterocycles. The Labute approximate surface area is 159 Å². The third-order valence-corrected chi connectivity index (χ3v) is 5.14. The van der Waals surface area contributed by atoms with Crippen molar-refractivity contribution >= 4 is 5.57 Å². The van der Waals surface area contributed by atoms with Crippen LogP contribution in [0.3, 0.4) is 0 Å². The van der Waals surface area contributed by atoms with Gasteiger partial charge in [0.15, 0.2) is 18.9 Å². The number of ether oxygens (including phenoxy) is 1. The van der Waals surface area contributed by atoms with Gasteiger partial charge in [-0.25, -0.2) is 8.96 Å². The van der Waals surface area contributed by atoms with Crippen LogP contribution in [-0.2, 0) is 19.4 Å². The van der Waals surface area contributed by atoms with Crippen LogP contribution in [0.15, 0.2) is 73.1 Å². The van der Waals surface area contributed by atoms with E-state index < -0.39 is 0 Å². The fourth-order valence-corrected chi connectivity index (χ4v) is 3.62. The first-order valence-corrected chi connectivity index (χ1v) is 9.34. The van der Waals surface area contributed by atoms with Crippen molar-refractivity contribution in [3.05, 3.63) is 101 Å². The molecular formula is C24H23FNO+. The van der Waals surface area contributed by atoms with Crippen LogP contribution in [-0.4, -0.2) is 7.11 Å². The lowest BCUT2D eigenvalue weighted by Gasteiger charge is -2.18. The standard InChI is InChI=1S/C24H23FNO/c1-27-22-9-10-24-20(17-22)3-2-4-23(24)19-12-15-26(16-13-19)14-11-18-5-7-21(25)8-6-18/h4-10,12-13,15-17H,2-3,11,14H2,1H3/q+1. The Morgan fingerprint density at radius 1 is 1.00 bits per heavy atom. The second-order valence-corrected chi connectivity index (χ2v) is 6.88. The molecule has 4 rings (SSSR count). The summed E-state index contributed by atoms with van der Waals surface area (Å²) in [5, 5.41) is 0. The molecular weight excluding hydrogens is 337 g/mol. The molecule has 3 aromatic rings. The van der Waals surface area contributed by atoms with Crippen molar-refractivity contribution in [2.45, 2.75) is 25.8 Å². The SMILES string of the molecule is COc1ccc2c(c1)CCC=C2c1cc[n+](CCc2ccc(F)cc2)cc1. The Balaban J connectivity index is 1.49. The average Bonchev–Trinajstić information content (AvgIpc) is 2.73. The van der Waals surface area contributed by atoms with Crippen LogP contribution in [0.25, 0.3) is 5.57 Å². The number of rotatable bonds is 5. The summed E-state index contributed by atoms with van der Waals surface area (Å²) >= 11 is 0. The smallest absolute Gasteiger partial charge is 0.169 e. The Hall–Kier alpha value is -2.94. The molecule has 0 N–H and O–H groups in total. The minimum atomic E-state index is -0.186. The minimum Gasteiger partial charge on any atom is -0.497 e. The maximum Gasteiger partial charge on any atom is 0.169 e. The van der Waals surface area contributed by atoms with Gasteiger partial charge in [-0.15, -0.1) is 0 Å². The molecule has 0 saturated heterocycles. The summed E-state index contributed by atoms with van der Waals surface area (Å²) in [5.74, 6) is 0.733. The summed E-state index contributed by atoms with van der Waals surface area (Å²) in [6.45, 7) is 0.874. The molecule has 0 bridgehead atoms. The molecule has 1 heterocycles. The van der Waals surface area contributed by atoms with Gasteiger partial charge in [0.1, 0.15) is 11.6 Å². The minimum absolute atomic E-state index is 0.186. The lowest BCUT2D eigenvalue weighted by atomic mass is 9.87. The third-order valence-electron chi connectivity index (χ3n) is 5.14. The first-order chi connectivity index (χ1) is 13.2. The highest BCUT2D eigenvalue weighted by Gasteiger charge is 2.16. The topological polar surface area (TPSA) is 13.1 Å². The third kappa shape index (κ3) is 3.92. The number of hydrogen-bond acceptors (Lipinski definition) is 1. The van der Waals surface area contributed by atoms with Gasteiger partial charge in [0.2, 0.25) is 0 Å². The van der Waals surface area contributed by atoms with Gasteiger partial charge in [0.25, 0.3) is 0 Å². The van der Waals surface area contributed by atoms with E-state index in [1.165, 1.54) is 34.4 Å². The highest BCUT2D eigenvalue weighted by atomic mass is 19.1. The summed E-state index contributed by atoms with van der Waals surface area (Å²) in [7, 11) is 1.71. The lowest BCUT2D eigenvalue weighted by molar-refractivity contribution is -0.696. The van der Waals surface area contributed by atoms with Crippen LogP contribution < -0.4 is 9.30 Å². The van der Waals surface area contributed by atoms with Gasteiger partial charge in [-0.1, -0.05) is 24.3 Å². The Morgan fingerprint density at radius 3 is 2.52 bits per heavy atom. The van der Waals surface area contributed by atoms with Crippen LogP contribution in [0.4, 0.5) is 4.39 Å². The van der Waals surface area contributed by atoms with Crippen molar-refractivity contribution in [3.8, 4) is 5.75 Å². The number of fused-ring (bicyclic) bond motifs is 1. The summed E-state index contributed by atoms with van der Waals surface area (Å²) in [6.07, 6.45) is 9.56. The number of hydrogen-bond donors (Lipinski definition) is 0. The average molecular weight is 360 g/mol. The van der Waals surface area contributed by atoms with Gasteiger partial charge in [0, 0.05) is 18.6 Å². The zero-order valence-corrected chi connectivity index (χ0v) is 15.5. The van der Waals surface area contributed by atoms with E-state index in [0.29, 0.717) is 0 Å². The molecule has 0 spiro atoms. The summed E-state index contributed by atoms with van der Waals surface area (Å²) in [6, 6.07) is 17.4. The molecule has 0 saturated carbocycles. The first-order valence-electron chi connectivity index (χ1n) is 9.34. The summed E-state index contributed by atoms with van der Waals surface area (Å²) < 4.78 is 20.5. The normalized spacial score (nSPS) is 13.0.